The first-order chi connectivity index (χ1) is 4.93. The van der Waals surface area contributed by atoms with Crippen molar-refractivity contribution in [3.63, 3.8) is 0 Å². The van der Waals surface area contributed by atoms with Gasteiger partial charge in [0.05, 0.1) is 0 Å². The van der Waals surface area contributed by atoms with E-state index < -0.39 is 0 Å². The van der Waals surface area contributed by atoms with Gasteiger partial charge in [0.15, 0.2) is 0 Å². The molecule has 10 heavy (non-hydrogen) atoms. The molecule has 0 aliphatic heterocycles. The molecular weight excluding hydrogens is 167 g/mol. The molecule has 0 nitrogen and oxygen atoms in total. The number of benzene rings is 1. The highest BCUT2D eigenvalue weighted by Crippen LogP contribution is 2.30. The van der Waals surface area contributed by atoms with Gasteiger partial charge in [0.2, 0.25) is 0 Å². The topological polar surface area (TPSA) is 0 Å². The Labute approximate surface area is 67.6 Å². The van der Waals surface area contributed by atoms with Gasteiger partial charge in [-0.3, -0.25) is 0 Å². The van der Waals surface area contributed by atoms with Crippen LogP contribution in [0.5, 0.6) is 0 Å². The molecule has 0 amide bonds. The molecule has 0 bridgehead atoms. The molecule has 0 heterocycles. The van der Waals surface area contributed by atoms with Crippen molar-refractivity contribution in [2.75, 3.05) is 6.01 Å². The van der Waals surface area contributed by atoms with Crippen LogP contribution in [0.2, 0.25) is 0 Å². The number of rotatable bonds is 3. The van der Waals surface area contributed by atoms with Crippen LogP contribution in [-0.4, -0.2) is 6.01 Å². The highest BCUT2D eigenvalue weighted by Gasteiger charge is 1.89. The Morgan fingerprint density at radius 2 is 1.90 bits per heavy atom. The van der Waals surface area contributed by atoms with Crippen LogP contribution in [0.1, 0.15) is 0 Å². The number of hydrogen-bond donors (Lipinski definition) is 0. The lowest BCUT2D eigenvalue weighted by Crippen LogP contribution is -1.64. The lowest BCUT2D eigenvalue weighted by Gasteiger charge is -1.94. The third kappa shape index (κ3) is 2.62. The van der Waals surface area contributed by atoms with Crippen molar-refractivity contribution >= 4 is 21.6 Å². The molecule has 1 aromatic carbocycles. The van der Waals surface area contributed by atoms with Gasteiger partial charge < -0.3 is 0 Å². The zero-order chi connectivity index (χ0) is 7.23. The smallest absolute Gasteiger partial charge is 0.145 e. The summed E-state index contributed by atoms with van der Waals surface area (Å²) in [6.45, 7) is 0. The van der Waals surface area contributed by atoms with Gasteiger partial charge in [-0.1, -0.05) is 39.8 Å². The molecule has 0 aromatic heterocycles. The second kappa shape index (κ2) is 4.63. The Morgan fingerprint density at radius 3 is 2.50 bits per heavy atom. The van der Waals surface area contributed by atoms with E-state index in [0.717, 1.165) is 4.90 Å². The Kier molecular flexibility index (Phi) is 3.68. The molecule has 0 aliphatic carbocycles. The van der Waals surface area contributed by atoms with Gasteiger partial charge in [-0.05, 0) is 12.1 Å². The summed E-state index contributed by atoms with van der Waals surface area (Å²) in [6.07, 6.45) is 0. The van der Waals surface area contributed by atoms with Crippen molar-refractivity contribution in [2.45, 2.75) is 4.90 Å². The summed E-state index contributed by atoms with van der Waals surface area (Å²) >= 11 is 0. The van der Waals surface area contributed by atoms with Gasteiger partial charge in [0.1, 0.15) is 6.01 Å². The predicted octanol–water partition coefficient (Wildman–Crippen LogP) is 3.35. The lowest BCUT2D eigenvalue weighted by molar-refractivity contribution is 0.608. The van der Waals surface area contributed by atoms with Crippen LogP contribution in [0.4, 0.5) is 4.39 Å². The molecule has 1 rings (SSSR count). The Morgan fingerprint density at radius 1 is 1.20 bits per heavy atom. The van der Waals surface area contributed by atoms with Crippen molar-refractivity contribution in [3.05, 3.63) is 30.3 Å². The fourth-order valence-electron chi connectivity index (χ4n) is 0.566. The van der Waals surface area contributed by atoms with Crippen LogP contribution in [0, 0.1) is 0 Å². The molecule has 0 saturated heterocycles. The minimum Gasteiger partial charge on any atom is -0.238 e. The first kappa shape index (κ1) is 7.95. The molecule has 0 aliphatic rings. The van der Waals surface area contributed by atoms with Crippen LogP contribution in [0.25, 0.3) is 0 Å². The summed E-state index contributed by atoms with van der Waals surface area (Å²) in [5.74, 6) is 0. The van der Waals surface area contributed by atoms with E-state index >= 15 is 0 Å². The minimum atomic E-state index is -0.334. The molecular formula is C7H7FS2. The number of alkyl halides is 1. The lowest BCUT2D eigenvalue weighted by atomic mass is 10.4. The highest BCUT2D eigenvalue weighted by molar-refractivity contribution is 8.76. The van der Waals surface area contributed by atoms with Crippen molar-refractivity contribution < 1.29 is 4.39 Å². The van der Waals surface area contributed by atoms with E-state index in [4.69, 9.17) is 0 Å². The zero-order valence-corrected chi connectivity index (χ0v) is 6.92. The van der Waals surface area contributed by atoms with E-state index in [-0.39, 0.29) is 6.01 Å². The summed E-state index contributed by atoms with van der Waals surface area (Å²) in [5.41, 5.74) is 0. The molecule has 0 saturated carbocycles. The van der Waals surface area contributed by atoms with E-state index in [0.29, 0.717) is 0 Å². The largest absolute Gasteiger partial charge is 0.238 e. The van der Waals surface area contributed by atoms with Gasteiger partial charge in [-0.2, -0.15) is 0 Å². The normalized spacial score (nSPS) is 9.70. The zero-order valence-electron chi connectivity index (χ0n) is 5.29. The average molecular weight is 174 g/mol. The maximum Gasteiger partial charge on any atom is 0.145 e. The van der Waals surface area contributed by atoms with Crippen molar-refractivity contribution in [2.24, 2.45) is 0 Å². The Hall–Kier alpha value is -0.150. The summed E-state index contributed by atoms with van der Waals surface area (Å²) in [4.78, 5) is 1.10. The highest BCUT2D eigenvalue weighted by atomic mass is 33.1. The molecule has 1 aromatic rings. The molecule has 0 unspecified atom stereocenters. The van der Waals surface area contributed by atoms with Crippen LogP contribution >= 0.6 is 21.6 Å². The molecule has 0 N–H and O–H groups in total. The molecule has 0 atom stereocenters. The molecule has 0 spiro atoms. The standard InChI is InChI=1S/C7H7FS2/c8-6-9-10-7-4-2-1-3-5-7/h1-5H,6H2. The summed E-state index contributed by atoms with van der Waals surface area (Å²) < 4.78 is 11.6. The fraction of sp³-hybridized carbons (Fsp3) is 0.143. The van der Waals surface area contributed by atoms with E-state index in [1.54, 1.807) is 0 Å². The second-order valence-electron chi connectivity index (χ2n) is 1.62. The monoisotopic (exact) mass is 174 g/mol. The predicted molar refractivity (Wildman–Crippen MR) is 45.9 cm³/mol. The van der Waals surface area contributed by atoms with Crippen molar-refractivity contribution in [1.82, 2.24) is 0 Å². The first-order valence-electron chi connectivity index (χ1n) is 2.84. The van der Waals surface area contributed by atoms with Crippen LogP contribution in [0.3, 0.4) is 0 Å². The van der Waals surface area contributed by atoms with Crippen LogP contribution < -0.4 is 0 Å². The van der Waals surface area contributed by atoms with Gasteiger partial charge in [0.25, 0.3) is 0 Å². The maximum atomic E-state index is 11.6. The summed E-state index contributed by atoms with van der Waals surface area (Å²) in [6, 6.07) is 9.44. The second-order valence-corrected chi connectivity index (χ2v) is 3.92. The van der Waals surface area contributed by atoms with Gasteiger partial charge in [0, 0.05) is 4.90 Å². The van der Waals surface area contributed by atoms with Crippen molar-refractivity contribution in [1.29, 1.82) is 0 Å². The van der Waals surface area contributed by atoms with Crippen molar-refractivity contribution in [3.8, 4) is 0 Å². The quantitative estimate of drug-likeness (QED) is 0.644. The van der Waals surface area contributed by atoms with Gasteiger partial charge >= 0.3 is 0 Å². The molecule has 54 valence electrons. The van der Waals surface area contributed by atoms with E-state index in [1.807, 2.05) is 30.3 Å². The van der Waals surface area contributed by atoms with Gasteiger partial charge in [-0.15, -0.1) is 0 Å². The van der Waals surface area contributed by atoms with Gasteiger partial charge in [-0.25, -0.2) is 4.39 Å². The summed E-state index contributed by atoms with van der Waals surface area (Å²) in [7, 11) is 2.67. The summed E-state index contributed by atoms with van der Waals surface area (Å²) in [5, 5.41) is 0. The molecule has 3 heteroatoms. The third-order valence-corrected chi connectivity index (χ3v) is 2.81. The number of halogens is 1. The van der Waals surface area contributed by atoms with E-state index in [2.05, 4.69) is 0 Å². The third-order valence-electron chi connectivity index (χ3n) is 0.943. The van der Waals surface area contributed by atoms with Crippen LogP contribution in [0.15, 0.2) is 35.2 Å². The SMILES string of the molecule is FCSSc1ccccc1. The first-order valence-corrected chi connectivity index (χ1v) is 5.16. The van der Waals surface area contributed by atoms with Crippen LogP contribution in [-0.2, 0) is 0 Å². The number of hydrogen-bond acceptors (Lipinski definition) is 2. The fourth-order valence-corrected chi connectivity index (χ4v) is 1.89. The molecule has 0 fully saturated rings. The minimum absolute atomic E-state index is 0.334. The average Bonchev–Trinajstić information content (AvgIpc) is 2.03. The molecule has 0 radical (unpaired) electrons. The maximum absolute atomic E-state index is 11.6. The Balaban J connectivity index is 2.43. The Bertz CT molecular complexity index is 176. The van der Waals surface area contributed by atoms with E-state index in [9.17, 15) is 4.39 Å². The van der Waals surface area contributed by atoms with E-state index in [1.165, 1.54) is 21.6 Å².